The number of carboxylic acid groups (broad SMARTS) is 1. The summed E-state index contributed by atoms with van der Waals surface area (Å²) in [6.45, 7) is 0.531. The standard InChI is InChI=1S/C15H13Cl2N3O3/c16-9-3-5-10(6-4-9)20-14(21)13(17)12(8-18-20)19-7-1-2-11(19)15(22)23/h3-6,8,11H,1-2,7H2,(H,22,23)/t11-/m0/s1. The fraction of sp³-hybridized carbons (Fsp3) is 0.267. The first kappa shape index (κ1) is 15.8. The smallest absolute Gasteiger partial charge is 0.326 e. The highest BCUT2D eigenvalue weighted by Gasteiger charge is 2.32. The van der Waals surface area contributed by atoms with E-state index in [2.05, 4.69) is 5.10 Å². The Morgan fingerprint density at radius 2 is 1.96 bits per heavy atom. The average molecular weight is 354 g/mol. The van der Waals surface area contributed by atoms with E-state index in [0.717, 1.165) is 11.1 Å². The lowest BCUT2D eigenvalue weighted by atomic mass is 10.2. The molecule has 0 saturated carbocycles. The number of carbonyl (C=O) groups is 1. The zero-order valence-corrected chi connectivity index (χ0v) is 13.5. The van der Waals surface area contributed by atoms with Gasteiger partial charge in [0.2, 0.25) is 0 Å². The van der Waals surface area contributed by atoms with Crippen molar-refractivity contribution in [3.8, 4) is 5.69 Å². The second-order valence-corrected chi connectivity index (χ2v) is 6.04. The van der Waals surface area contributed by atoms with Crippen molar-refractivity contribution in [3.05, 3.63) is 50.9 Å². The highest BCUT2D eigenvalue weighted by atomic mass is 35.5. The van der Waals surface area contributed by atoms with Crippen LogP contribution in [0.3, 0.4) is 0 Å². The number of hydrogen-bond acceptors (Lipinski definition) is 4. The molecule has 1 fully saturated rings. The molecule has 0 aliphatic carbocycles. The molecule has 1 saturated heterocycles. The molecule has 2 aromatic rings. The van der Waals surface area contributed by atoms with Crippen LogP contribution in [0.2, 0.25) is 10.0 Å². The zero-order chi connectivity index (χ0) is 16.6. The van der Waals surface area contributed by atoms with Gasteiger partial charge >= 0.3 is 5.97 Å². The van der Waals surface area contributed by atoms with Crippen molar-refractivity contribution in [3.63, 3.8) is 0 Å². The van der Waals surface area contributed by atoms with Crippen LogP contribution in [0, 0.1) is 0 Å². The number of hydrogen-bond donors (Lipinski definition) is 1. The van der Waals surface area contributed by atoms with Gasteiger partial charge in [-0.2, -0.15) is 9.78 Å². The van der Waals surface area contributed by atoms with Crippen molar-refractivity contribution in [1.29, 1.82) is 0 Å². The Bertz CT molecular complexity index is 805. The third kappa shape index (κ3) is 2.92. The third-order valence-corrected chi connectivity index (χ3v) is 4.43. The minimum absolute atomic E-state index is 0.0388. The fourth-order valence-corrected chi connectivity index (χ4v) is 3.07. The van der Waals surface area contributed by atoms with Crippen LogP contribution in [-0.4, -0.2) is 33.4 Å². The van der Waals surface area contributed by atoms with Crippen molar-refractivity contribution in [1.82, 2.24) is 9.78 Å². The minimum atomic E-state index is -0.930. The van der Waals surface area contributed by atoms with Crippen LogP contribution in [0.15, 0.2) is 35.3 Å². The maximum atomic E-state index is 12.5. The molecule has 0 spiro atoms. The number of benzene rings is 1. The molecule has 23 heavy (non-hydrogen) atoms. The Balaban J connectivity index is 2.03. The summed E-state index contributed by atoms with van der Waals surface area (Å²) in [5.41, 5.74) is 0.387. The summed E-state index contributed by atoms with van der Waals surface area (Å²) in [5, 5.41) is 13.9. The van der Waals surface area contributed by atoms with Crippen LogP contribution in [0.25, 0.3) is 5.69 Å². The lowest BCUT2D eigenvalue weighted by Crippen LogP contribution is -2.37. The first-order valence-electron chi connectivity index (χ1n) is 7.02. The fourth-order valence-electron chi connectivity index (χ4n) is 2.70. The molecule has 2 heterocycles. The van der Waals surface area contributed by atoms with Gasteiger partial charge in [0.15, 0.2) is 0 Å². The molecular formula is C15H13Cl2N3O3. The van der Waals surface area contributed by atoms with Gasteiger partial charge in [-0.25, -0.2) is 4.79 Å². The van der Waals surface area contributed by atoms with Crippen molar-refractivity contribution < 1.29 is 9.90 Å². The normalized spacial score (nSPS) is 17.5. The first-order chi connectivity index (χ1) is 11.0. The molecule has 1 atom stereocenters. The molecule has 0 amide bonds. The van der Waals surface area contributed by atoms with E-state index in [1.165, 1.54) is 6.20 Å². The maximum Gasteiger partial charge on any atom is 0.326 e. The summed E-state index contributed by atoms with van der Waals surface area (Å²) in [7, 11) is 0. The van der Waals surface area contributed by atoms with E-state index in [-0.39, 0.29) is 5.02 Å². The quantitative estimate of drug-likeness (QED) is 0.917. The summed E-state index contributed by atoms with van der Waals surface area (Å²) in [6, 6.07) is 5.92. The molecule has 0 radical (unpaired) electrons. The monoisotopic (exact) mass is 353 g/mol. The molecule has 1 N–H and O–H groups in total. The summed E-state index contributed by atoms with van der Waals surface area (Å²) in [6.07, 6.45) is 2.68. The lowest BCUT2D eigenvalue weighted by Gasteiger charge is -2.24. The summed E-state index contributed by atoms with van der Waals surface area (Å²) in [5.74, 6) is -0.930. The van der Waals surface area contributed by atoms with Crippen LogP contribution in [0.1, 0.15) is 12.8 Å². The number of aromatic nitrogens is 2. The van der Waals surface area contributed by atoms with E-state index < -0.39 is 17.6 Å². The number of anilines is 1. The predicted octanol–water partition coefficient (Wildman–Crippen LogP) is 2.59. The van der Waals surface area contributed by atoms with E-state index in [0.29, 0.717) is 29.4 Å². The van der Waals surface area contributed by atoms with Crippen LogP contribution in [-0.2, 0) is 4.79 Å². The van der Waals surface area contributed by atoms with Gasteiger partial charge in [-0.15, -0.1) is 0 Å². The number of carboxylic acids is 1. The lowest BCUT2D eigenvalue weighted by molar-refractivity contribution is -0.138. The molecule has 6 nitrogen and oxygen atoms in total. The SMILES string of the molecule is O=C(O)[C@@H]1CCCN1c1cnn(-c2ccc(Cl)cc2)c(=O)c1Cl. The van der Waals surface area contributed by atoms with Crippen LogP contribution < -0.4 is 10.5 Å². The number of halogens is 2. The highest BCUT2D eigenvalue weighted by molar-refractivity contribution is 6.33. The predicted molar refractivity (Wildman–Crippen MR) is 87.9 cm³/mol. The van der Waals surface area contributed by atoms with E-state index in [9.17, 15) is 14.7 Å². The van der Waals surface area contributed by atoms with Gasteiger partial charge in [-0.3, -0.25) is 4.79 Å². The summed E-state index contributed by atoms with van der Waals surface area (Å²) >= 11 is 12.0. The van der Waals surface area contributed by atoms with Crippen LogP contribution in [0.4, 0.5) is 5.69 Å². The van der Waals surface area contributed by atoms with Gasteiger partial charge < -0.3 is 10.0 Å². The second kappa shape index (κ2) is 6.22. The van der Waals surface area contributed by atoms with Crippen LogP contribution in [0.5, 0.6) is 0 Å². The Hall–Kier alpha value is -2.05. The van der Waals surface area contributed by atoms with E-state index in [4.69, 9.17) is 23.2 Å². The minimum Gasteiger partial charge on any atom is -0.480 e. The van der Waals surface area contributed by atoms with Crippen LogP contribution >= 0.6 is 23.2 Å². The number of aliphatic carboxylic acids is 1. The first-order valence-corrected chi connectivity index (χ1v) is 7.78. The molecule has 1 aromatic heterocycles. The van der Waals surface area contributed by atoms with E-state index in [1.54, 1.807) is 29.2 Å². The Kier molecular flexibility index (Phi) is 4.28. The van der Waals surface area contributed by atoms with Crippen molar-refractivity contribution in [2.75, 3.05) is 11.4 Å². The largest absolute Gasteiger partial charge is 0.480 e. The average Bonchev–Trinajstić information content (AvgIpc) is 3.00. The Morgan fingerprint density at radius 1 is 1.26 bits per heavy atom. The van der Waals surface area contributed by atoms with Gasteiger partial charge in [-0.1, -0.05) is 23.2 Å². The second-order valence-electron chi connectivity index (χ2n) is 5.23. The molecule has 1 aliphatic heterocycles. The third-order valence-electron chi connectivity index (χ3n) is 3.82. The topological polar surface area (TPSA) is 75.4 Å². The molecule has 0 bridgehead atoms. The van der Waals surface area contributed by atoms with Gasteiger partial charge in [0, 0.05) is 11.6 Å². The van der Waals surface area contributed by atoms with Gasteiger partial charge in [0.25, 0.3) is 5.56 Å². The van der Waals surface area contributed by atoms with E-state index in [1.807, 2.05) is 0 Å². The molecule has 1 aromatic carbocycles. The molecule has 3 rings (SSSR count). The maximum absolute atomic E-state index is 12.5. The molecule has 8 heteroatoms. The van der Waals surface area contributed by atoms with Crippen molar-refractivity contribution in [2.45, 2.75) is 18.9 Å². The molecule has 120 valence electrons. The molecule has 0 unspecified atom stereocenters. The van der Waals surface area contributed by atoms with Gasteiger partial charge in [0.05, 0.1) is 17.6 Å². The Morgan fingerprint density at radius 3 is 2.61 bits per heavy atom. The summed E-state index contributed by atoms with van der Waals surface area (Å²) in [4.78, 5) is 25.4. The van der Waals surface area contributed by atoms with Gasteiger partial charge in [-0.05, 0) is 37.1 Å². The highest BCUT2D eigenvalue weighted by Crippen LogP contribution is 2.29. The Labute approximate surface area is 141 Å². The molecule has 1 aliphatic rings. The van der Waals surface area contributed by atoms with Gasteiger partial charge in [0.1, 0.15) is 11.1 Å². The number of rotatable bonds is 3. The van der Waals surface area contributed by atoms with E-state index >= 15 is 0 Å². The zero-order valence-electron chi connectivity index (χ0n) is 11.9. The molecular weight excluding hydrogens is 341 g/mol. The summed E-state index contributed by atoms with van der Waals surface area (Å²) < 4.78 is 1.16. The van der Waals surface area contributed by atoms with Crippen molar-refractivity contribution >= 4 is 34.9 Å². The van der Waals surface area contributed by atoms with Crippen molar-refractivity contribution in [2.24, 2.45) is 0 Å². The number of nitrogens with zero attached hydrogens (tertiary/aromatic N) is 3.